The summed E-state index contributed by atoms with van der Waals surface area (Å²) in [5, 5.41) is 3.38. The predicted molar refractivity (Wildman–Crippen MR) is 91.0 cm³/mol. The Balaban J connectivity index is 1.65. The summed E-state index contributed by atoms with van der Waals surface area (Å²) < 4.78 is 24.8. The molecule has 0 unspecified atom stereocenters. The number of rotatable bonds is 4. The lowest BCUT2D eigenvalue weighted by atomic mass is 9.74. The minimum absolute atomic E-state index is 0.212. The summed E-state index contributed by atoms with van der Waals surface area (Å²) in [5.74, 6) is 0.952. The summed E-state index contributed by atoms with van der Waals surface area (Å²) in [7, 11) is 0. The first-order valence-corrected chi connectivity index (χ1v) is 8.32. The second kappa shape index (κ2) is 6.40. The van der Waals surface area contributed by atoms with E-state index < -0.39 is 0 Å². The normalized spacial score (nSPS) is 16.9. The van der Waals surface area contributed by atoms with Crippen LogP contribution in [-0.4, -0.2) is 34.7 Å². The van der Waals surface area contributed by atoms with E-state index in [1.165, 1.54) is 12.4 Å². The van der Waals surface area contributed by atoms with Crippen LogP contribution in [0.4, 0.5) is 10.2 Å². The van der Waals surface area contributed by atoms with Crippen LogP contribution in [0.5, 0.6) is 0 Å². The van der Waals surface area contributed by atoms with E-state index in [4.69, 9.17) is 9.15 Å². The van der Waals surface area contributed by atoms with Gasteiger partial charge in [-0.3, -0.25) is 0 Å². The molecule has 0 saturated carbocycles. The number of fused-ring (bicyclic) bond motifs is 1. The predicted octanol–water partition coefficient (Wildman–Crippen LogP) is 3.23. The number of ether oxygens (including phenoxy) is 1. The lowest BCUT2D eigenvalue weighted by Gasteiger charge is -2.38. The van der Waals surface area contributed by atoms with Gasteiger partial charge in [-0.15, -0.1) is 0 Å². The Bertz CT molecular complexity index is 890. The molecule has 25 heavy (non-hydrogen) atoms. The number of nitrogens with zero attached hydrogens (tertiary/aromatic N) is 3. The third kappa shape index (κ3) is 3.07. The fourth-order valence-electron chi connectivity index (χ4n) is 3.39. The van der Waals surface area contributed by atoms with Gasteiger partial charge in [-0.25, -0.2) is 14.4 Å². The van der Waals surface area contributed by atoms with Crippen LogP contribution in [-0.2, 0) is 10.2 Å². The topological polar surface area (TPSA) is 73.1 Å². The van der Waals surface area contributed by atoms with Gasteiger partial charge in [-0.05, 0) is 30.5 Å². The van der Waals surface area contributed by atoms with Crippen molar-refractivity contribution in [3.8, 4) is 0 Å². The zero-order chi connectivity index (χ0) is 17.3. The Morgan fingerprint density at radius 2 is 2.08 bits per heavy atom. The van der Waals surface area contributed by atoms with Gasteiger partial charge in [0.15, 0.2) is 17.2 Å². The molecule has 130 valence electrons. The molecule has 0 bridgehead atoms. The number of halogens is 1. The van der Waals surface area contributed by atoms with Crippen molar-refractivity contribution in [3.63, 3.8) is 0 Å². The molecule has 7 heteroatoms. The van der Waals surface area contributed by atoms with E-state index in [1.807, 2.05) is 6.07 Å². The smallest absolute Gasteiger partial charge is 0.252 e. The van der Waals surface area contributed by atoms with Crippen molar-refractivity contribution in [2.45, 2.75) is 25.2 Å². The van der Waals surface area contributed by atoms with Gasteiger partial charge in [-0.2, -0.15) is 4.98 Å². The van der Waals surface area contributed by atoms with Gasteiger partial charge in [0.1, 0.15) is 12.1 Å². The lowest BCUT2D eigenvalue weighted by molar-refractivity contribution is 0.0543. The number of hydrogen-bond acceptors (Lipinski definition) is 6. The molecule has 1 aliphatic rings. The van der Waals surface area contributed by atoms with Crippen molar-refractivity contribution in [2.24, 2.45) is 0 Å². The molecule has 1 fully saturated rings. The first-order chi connectivity index (χ1) is 12.2. The van der Waals surface area contributed by atoms with Gasteiger partial charge < -0.3 is 14.5 Å². The number of oxazole rings is 1. The van der Waals surface area contributed by atoms with Crippen molar-refractivity contribution in [1.29, 1.82) is 0 Å². The van der Waals surface area contributed by atoms with E-state index in [9.17, 15) is 4.39 Å². The summed E-state index contributed by atoms with van der Waals surface area (Å²) in [4.78, 5) is 12.7. The number of aromatic nitrogens is 3. The van der Waals surface area contributed by atoms with Crippen LogP contribution in [0, 0.1) is 12.7 Å². The molecule has 4 rings (SSSR count). The third-order valence-corrected chi connectivity index (χ3v) is 4.78. The third-order valence-electron chi connectivity index (χ3n) is 4.78. The maximum absolute atomic E-state index is 13.8. The van der Waals surface area contributed by atoms with Crippen molar-refractivity contribution in [1.82, 2.24) is 15.0 Å². The van der Waals surface area contributed by atoms with Crippen LogP contribution >= 0.6 is 0 Å². The van der Waals surface area contributed by atoms with Crippen LogP contribution in [0.3, 0.4) is 0 Å². The molecule has 0 amide bonds. The van der Waals surface area contributed by atoms with Gasteiger partial charge in [0.25, 0.3) is 5.71 Å². The summed E-state index contributed by atoms with van der Waals surface area (Å²) in [5.41, 5.74) is 1.84. The summed E-state index contributed by atoms with van der Waals surface area (Å²) in [6.45, 7) is 3.69. The summed E-state index contributed by atoms with van der Waals surface area (Å²) >= 11 is 0. The number of hydrogen-bond donors (Lipinski definition) is 1. The molecule has 0 atom stereocenters. The largest absolute Gasteiger partial charge is 0.422 e. The molecule has 2 aromatic heterocycles. The second-order valence-corrected chi connectivity index (χ2v) is 6.37. The molecule has 3 aromatic rings. The first-order valence-electron chi connectivity index (χ1n) is 8.32. The van der Waals surface area contributed by atoms with Crippen LogP contribution in [0.2, 0.25) is 0 Å². The molecular weight excluding hydrogens is 323 g/mol. The zero-order valence-corrected chi connectivity index (χ0v) is 14.0. The van der Waals surface area contributed by atoms with Crippen molar-refractivity contribution in [2.75, 3.05) is 25.1 Å². The molecule has 1 saturated heterocycles. The fraction of sp³-hybridized carbons (Fsp3) is 0.389. The van der Waals surface area contributed by atoms with E-state index in [2.05, 4.69) is 20.3 Å². The minimum Gasteiger partial charge on any atom is -0.422 e. The molecule has 0 spiro atoms. The van der Waals surface area contributed by atoms with Crippen molar-refractivity contribution < 1.29 is 13.5 Å². The molecule has 1 N–H and O–H groups in total. The molecule has 6 nitrogen and oxygen atoms in total. The zero-order valence-electron chi connectivity index (χ0n) is 14.0. The Kier molecular flexibility index (Phi) is 4.09. The van der Waals surface area contributed by atoms with Crippen molar-refractivity contribution >= 4 is 17.0 Å². The van der Waals surface area contributed by atoms with E-state index in [0.717, 1.165) is 18.4 Å². The fourth-order valence-corrected chi connectivity index (χ4v) is 3.39. The highest BCUT2D eigenvalue weighted by molar-refractivity contribution is 5.80. The first kappa shape index (κ1) is 16.0. The number of anilines is 1. The molecule has 0 aliphatic carbocycles. The average molecular weight is 342 g/mol. The maximum Gasteiger partial charge on any atom is 0.252 e. The second-order valence-electron chi connectivity index (χ2n) is 6.37. The minimum atomic E-state index is -0.222. The van der Waals surface area contributed by atoms with Crippen molar-refractivity contribution in [3.05, 3.63) is 47.9 Å². The van der Waals surface area contributed by atoms with Crippen LogP contribution in [0.1, 0.15) is 24.3 Å². The average Bonchev–Trinajstić information content (AvgIpc) is 3.01. The Hall–Kier alpha value is -2.54. The van der Waals surface area contributed by atoms with Crippen LogP contribution in [0.15, 0.2) is 35.0 Å². The molecule has 1 aliphatic heterocycles. The van der Waals surface area contributed by atoms with E-state index in [1.54, 1.807) is 19.1 Å². The van der Waals surface area contributed by atoms with Gasteiger partial charge >= 0.3 is 0 Å². The Morgan fingerprint density at radius 1 is 1.24 bits per heavy atom. The number of aryl methyl sites for hydroxylation is 1. The summed E-state index contributed by atoms with van der Waals surface area (Å²) in [6.07, 6.45) is 3.08. The molecule has 0 radical (unpaired) electrons. The quantitative estimate of drug-likeness (QED) is 0.785. The van der Waals surface area contributed by atoms with Gasteiger partial charge in [-0.1, -0.05) is 12.1 Å². The lowest BCUT2D eigenvalue weighted by Crippen LogP contribution is -2.40. The van der Waals surface area contributed by atoms with E-state index in [-0.39, 0.29) is 11.2 Å². The Labute approximate surface area is 144 Å². The maximum atomic E-state index is 13.8. The highest BCUT2D eigenvalue weighted by Crippen LogP contribution is 2.35. The molecule has 3 heterocycles. The monoisotopic (exact) mass is 342 g/mol. The van der Waals surface area contributed by atoms with Gasteiger partial charge in [0, 0.05) is 32.1 Å². The highest BCUT2D eigenvalue weighted by Gasteiger charge is 2.35. The number of benzene rings is 1. The highest BCUT2D eigenvalue weighted by atomic mass is 19.1. The molecule has 1 aromatic carbocycles. The van der Waals surface area contributed by atoms with Gasteiger partial charge in [0.2, 0.25) is 0 Å². The molecular formula is C18H19FN4O2. The van der Waals surface area contributed by atoms with Crippen LogP contribution in [0.25, 0.3) is 11.2 Å². The van der Waals surface area contributed by atoms with E-state index >= 15 is 0 Å². The standard InChI is InChI=1S/C18H19FN4O2/c1-12-23-15-16(21-11-22-17(15)25-12)20-10-18(5-7-24-8-6-18)13-3-2-4-14(19)9-13/h2-4,9,11H,5-8,10H2,1H3,(H,20,21,22). The van der Waals surface area contributed by atoms with Crippen LogP contribution < -0.4 is 5.32 Å². The number of nitrogens with one attached hydrogen (secondary N) is 1. The van der Waals surface area contributed by atoms with E-state index in [0.29, 0.717) is 42.7 Å². The Morgan fingerprint density at radius 3 is 2.88 bits per heavy atom. The SMILES string of the molecule is Cc1nc2c(NCC3(c4cccc(F)c4)CCOCC3)ncnc2o1. The summed E-state index contributed by atoms with van der Waals surface area (Å²) in [6, 6.07) is 6.82. The van der Waals surface area contributed by atoms with Gasteiger partial charge in [0.05, 0.1) is 0 Å².